The van der Waals surface area contributed by atoms with E-state index >= 15 is 0 Å². The molecule has 0 heterocycles. The molecule has 0 saturated heterocycles. The lowest BCUT2D eigenvalue weighted by atomic mass is 9.96. The highest BCUT2D eigenvalue weighted by molar-refractivity contribution is 6.88. The molecule has 16 heavy (non-hydrogen) atoms. The quantitative estimate of drug-likeness (QED) is 0.784. The molecular weight excluding hydrogens is 216 g/mol. The highest BCUT2D eigenvalue weighted by atomic mass is 28.3. The van der Waals surface area contributed by atoms with Crippen molar-refractivity contribution in [3.8, 4) is 0 Å². The summed E-state index contributed by atoms with van der Waals surface area (Å²) in [6, 6.07) is 8.44. The van der Waals surface area contributed by atoms with Crippen LogP contribution in [0, 0.1) is 0 Å². The van der Waals surface area contributed by atoms with Crippen LogP contribution in [0.5, 0.6) is 0 Å². The molecule has 0 saturated carbocycles. The Bertz CT molecular complexity index is 327. The highest BCUT2D eigenvalue weighted by Crippen LogP contribution is 2.18. The largest absolute Gasteiger partial charge is 0.394 e. The van der Waals surface area contributed by atoms with E-state index in [0.717, 1.165) is 5.56 Å². The predicted molar refractivity (Wildman–Crippen MR) is 70.9 cm³/mol. The van der Waals surface area contributed by atoms with Crippen LogP contribution >= 0.6 is 0 Å². The zero-order valence-electron chi connectivity index (χ0n) is 10.6. The molecule has 1 aromatic carbocycles. The van der Waals surface area contributed by atoms with Gasteiger partial charge in [-0.05, 0) is 5.56 Å². The van der Waals surface area contributed by atoms with E-state index in [9.17, 15) is 5.11 Å². The average Bonchev–Trinajstić information content (AvgIpc) is 2.26. The number of aliphatic hydroxyl groups excluding tert-OH is 2. The van der Waals surface area contributed by atoms with Gasteiger partial charge >= 0.3 is 0 Å². The van der Waals surface area contributed by atoms with E-state index in [1.165, 1.54) is 5.19 Å². The first-order valence-electron chi connectivity index (χ1n) is 5.75. The number of aliphatic hydroxyl groups is 2. The minimum atomic E-state index is -1.24. The fourth-order valence-electron chi connectivity index (χ4n) is 1.67. The van der Waals surface area contributed by atoms with Gasteiger partial charge in [0.15, 0.2) is 0 Å². The van der Waals surface area contributed by atoms with Gasteiger partial charge in [0.25, 0.3) is 0 Å². The number of benzene rings is 1. The lowest BCUT2D eigenvalue weighted by molar-refractivity contribution is 0.0772. The Morgan fingerprint density at radius 2 is 1.62 bits per heavy atom. The second-order valence-electron chi connectivity index (χ2n) is 5.41. The normalized spacial score (nSPS) is 15.9. The maximum absolute atomic E-state index is 9.57. The van der Waals surface area contributed by atoms with Crippen LogP contribution in [0.25, 0.3) is 0 Å². The zero-order valence-corrected chi connectivity index (χ0v) is 11.6. The maximum atomic E-state index is 9.57. The summed E-state index contributed by atoms with van der Waals surface area (Å²) in [6.45, 7) is 8.69. The monoisotopic (exact) mass is 238 g/mol. The molecule has 3 heteroatoms. The van der Waals surface area contributed by atoms with Crippen LogP contribution in [-0.4, -0.2) is 31.0 Å². The molecule has 2 atom stereocenters. The molecule has 0 radical (unpaired) electrons. The second-order valence-corrected chi connectivity index (χ2v) is 10.5. The van der Waals surface area contributed by atoms with Gasteiger partial charge in [0, 0.05) is 5.92 Å². The summed E-state index contributed by atoms with van der Waals surface area (Å²) in [5.41, 5.74) is 1.09. The van der Waals surface area contributed by atoms with E-state index in [1.807, 2.05) is 6.92 Å². The first-order valence-corrected chi connectivity index (χ1v) is 9.25. The third-order valence-corrected chi connectivity index (χ3v) is 5.13. The standard InChI is InChI=1S/C13H22O2Si/c1-10(13(15)9-14)11-5-7-12(8-6-11)16(2,3)4/h5-8,10,13-15H,9H2,1-4H3/t10-,13-/m0/s1. The van der Waals surface area contributed by atoms with Gasteiger partial charge < -0.3 is 10.2 Å². The fourth-order valence-corrected chi connectivity index (χ4v) is 2.83. The molecule has 2 nitrogen and oxygen atoms in total. The van der Waals surface area contributed by atoms with Crippen LogP contribution in [0.15, 0.2) is 24.3 Å². The molecule has 1 aromatic rings. The molecule has 90 valence electrons. The van der Waals surface area contributed by atoms with Gasteiger partial charge in [0.1, 0.15) is 0 Å². The van der Waals surface area contributed by atoms with Crippen LogP contribution in [0.1, 0.15) is 18.4 Å². The van der Waals surface area contributed by atoms with Gasteiger partial charge in [0.2, 0.25) is 0 Å². The van der Waals surface area contributed by atoms with Crippen molar-refractivity contribution in [3.63, 3.8) is 0 Å². The Balaban J connectivity index is 2.87. The number of rotatable bonds is 4. The lowest BCUT2D eigenvalue weighted by Crippen LogP contribution is -2.37. The summed E-state index contributed by atoms with van der Waals surface area (Å²) >= 11 is 0. The Hall–Kier alpha value is -0.643. The highest BCUT2D eigenvalue weighted by Gasteiger charge is 2.18. The first kappa shape index (κ1) is 13.4. The summed E-state index contributed by atoms with van der Waals surface area (Å²) in [5.74, 6) is -0.0133. The zero-order chi connectivity index (χ0) is 12.3. The van der Waals surface area contributed by atoms with Crippen molar-refractivity contribution in [1.29, 1.82) is 0 Å². The van der Waals surface area contributed by atoms with Gasteiger partial charge in [-0.1, -0.05) is 56.0 Å². The predicted octanol–water partition coefficient (Wildman–Crippen LogP) is 1.69. The van der Waals surface area contributed by atoms with E-state index in [2.05, 4.69) is 43.9 Å². The second kappa shape index (κ2) is 5.12. The van der Waals surface area contributed by atoms with Crippen molar-refractivity contribution in [2.24, 2.45) is 0 Å². The molecule has 0 aliphatic heterocycles. The summed E-state index contributed by atoms with van der Waals surface area (Å²) in [7, 11) is -1.24. The molecule has 0 unspecified atom stereocenters. The smallest absolute Gasteiger partial charge is 0.0836 e. The average molecular weight is 238 g/mol. The summed E-state index contributed by atoms with van der Waals surface area (Å²) in [6.07, 6.45) is -0.669. The molecule has 0 fully saturated rings. The van der Waals surface area contributed by atoms with Crippen molar-refractivity contribution in [2.75, 3.05) is 6.61 Å². The number of hydrogen-bond donors (Lipinski definition) is 2. The Morgan fingerprint density at radius 1 is 1.12 bits per heavy atom. The summed E-state index contributed by atoms with van der Waals surface area (Å²) in [4.78, 5) is 0. The van der Waals surface area contributed by atoms with Gasteiger partial charge in [0.05, 0.1) is 20.8 Å². The Kier molecular flexibility index (Phi) is 4.30. The summed E-state index contributed by atoms with van der Waals surface area (Å²) < 4.78 is 0. The molecule has 2 N–H and O–H groups in total. The van der Waals surface area contributed by atoms with E-state index in [4.69, 9.17) is 5.11 Å². The van der Waals surface area contributed by atoms with E-state index in [1.54, 1.807) is 0 Å². The summed E-state index contributed by atoms with van der Waals surface area (Å²) in [5, 5.41) is 19.9. The van der Waals surface area contributed by atoms with Crippen molar-refractivity contribution in [2.45, 2.75) is 38.6 Å². The molecule has 0 aliphatic carbocycles. The molecule has 1 rings (SSSR count). The molecule has 0 bridgehead atoms. The van der Waals surface area contributed by atoms with Crippen LogP contribution in [0.4, 0.5) is 0 Å². The van der Waals surface area contributed by atoms with Crippen LogP contribution < -0.4 is 5.19 Å². The van der Waals surface area contributed by atoms with Crippen molar-refractivity contribution < 1.29 is 10.2 Å². The maximum Gasteiger partial charge on any atom is 0.0836 e. The van der Waals surface area contributed by atoms with Crippen LogP contribution in [0.3, 0.4) is 0 Å². The van der Waals surface area contributed by atoms with Gasteiger partial charge in [-0.15, -0.1) is 0 Å². The van der Waals surface area contributed by atoms with Crippen molar-refractivity contribution in [3.05, 3.63) is 29.8 Å². The fraction of sp³-hybridized carbons (Fsp3) is 0.538. The molecular formula is C13H22O2Si. The SMILES string of the molecule is C[C@@H](c1ccc([Si](C)(C)C)cc1)[C@@H](O)CO. The van der Waals surface area contributed by atoms with E-state index in [0.29, 0.717) is 0 Å². The van der Waals surface area contributed by atoms with E-state index < -0.39 is 14.2 Å². The van der Waals surface area contributed by atoms with Crippen LogP contribution in [-0.2, 0) is 0 Å². The van der Waals surface area contributed by atoms with Crippen molar-refractivity contribution in [1.82, 2.24) is 0 Å². The minimum Gasteiger partial charge on any atom is -0.394 e. The molecule has 0 aromatic heterocycles. The van der Waals surface area contributed by atoms with Gasteiger partial charge in [-0.25, -0.2) is 0 Å². The van der Waals surface area contributed by atoms with Gasteiger partial charge in [-0.3, -0.25) is 0 Å². The molecule has 0 aliphatic rings. The first-order chi connectivity index (χ1) is 7.36. The minimum absolute atomic E-state index is 0.0133. The third kappa shape index (κ3) is 3.17. The van der Waals surface area contributed by atoms with Gasteiger partial charge in [-0.2, -0.15) is 0 Å². The Morgan fingerprint density at radius 3 is 2.00 bits per heavy atom. The van der Waals surface area contributed by atoms with E-state index in [-0.39, 0.29) is 12.5 Å². The lowest BCUT2D eigenvalue weighted by Gasteiger charge is -2.20. The molecule has 0 amide bonds. The third-order valence-electron chi connectivity index (χ3n) is 3.07. The molecule has 0 spiro atoms. The van der Waals surface area contributed by atoms with Crippen LogP contribution in [0.2, 0.25) is 19.6 Å². The van der Waals surface area contributed by atoms with Crippen molar-refractivity contribution >= 4 is 13.3 Å². The number of hydrogen-bond acceptors (Lipinski definition) is 2. The topological polar surface area (TPSA) is 40.5 Å². The Labute approximate surface area is 99.0 Å².